The van der Waals surface area contributed by atoms with Gasteiger partial charge in [-0.2, -0.15) is 0 Å². The van der Waals surface area contributed by atoms with E-state index >= 15 is 0 Å². The second kappa shape index (κ2) is 7.00. The van der Waals surface area contributed by atoms with Gasteiger partial charge in [0.15, 0.2) is 5.78 Å². The van der Waals surface area contributed by atoms with E-state index in [1.165, 1.54) is 12.8 Å². The maximum Gasteiger partial charge on any atom is 0.161 e. The molecule has 0 radical (unpaired) electrons. The Morgan fingerprint density at radius 1 is 1.11 bits per heavy atom. The summed E-state index contributed by atoms with van der Waals surface area (Å²) >= 11 is 0. The number of Topliss-reactive ketones (excluding diaryl/α,β-unsaturated/α-hetero) is 1. The van der Waals surface area contributed by atoms with E-state index in [0.29, 0.717) is 13.0 Å². The van der Waals surface area contributed by atoms with Crippen molar-refractivity contribution >= 4 is 5.78 Å². The van der Waals surface area contributed by atoms with E-state index in [2.05, 4.69) is 6.08 Å². The summed E-state index contributed by atoms with van der Waals surface area (Å²) in [7, 11) is 0. The van der Waals surface area contributed by atoms with E-state index in [4.69, 9.17) is 4.74 Å². The first kappa shape index (κ1) is 12.9. The smallest absolute Gasteiger partial charge is 0.161 e. The van der Waals surface area contributed by atoms with E-state index in [9.17, 15) is 4.79 Å². The van der Waals surface area contributed by atoms with Crippen LogP contribution in [0.25, 0.3) is 0 Å². The summed E-state index contributed by atoms with van der Waals surface area (Å²) in [5, 5.41) is 0. The van der Waals surface area contributed by atoms with Crippen LogP contribution in [0.15, 0.2) is 42.0 Å². The van der Waals surface area contributed by atoms with Crippen molar-refractivity contribution in [3.05, 3.63) is 42.0 Å². The van der Waals surface area contributed by atoms with Gasteiger partial charge in [0.25, 0.3) is 0 Å². The van der Waals surface area contributed by atoms with Crippen molar-refractivity contribution in [2.24, 2.45) is 0 Å². The summed E-state index contributed by atoms with van der Waals surface area (Å²) in [5.41, 5.74) is 1.02. The van der Waals surface area contributed by atoms with Crippen molar-refractivity contribution in [3.8, 4) is 5.75 Å². The third-order valence-electron chi connectivity index (χ3n) is 3.24. The fourth-order valence-corrected chi connectivity index (χ4v) is 2.21. The molecule has 2 rings (SSSR count). The van der Waals surface area contributed by atoms with Crippen LogP contribution in [0.1, 0.15) is 38.5 Å². The molecule has 0 unspecified atom stereocenters. The molecule has 96 valence electrons. The molecular weight excluding hydrogens is 224 g/mol. The molecule has 0 N–H and O–H groups in total. The maximum absolute atomic E-state index is 12.0. The summed E-state index contributed by atoms with van der Waals surface area (Å²) in [6.07, 6.45) is 8.23. The molecule has 1 aromatic carbocycles. The fourth-order valence-electron chi connectivity index (χ4n) is 2.21. The number of ketones is 1. The van der Waals surface area contributed by atoms with Gasteiger partial charge in [-0.25, -0.2) is 0 Å². The predicted molar refractivity (Wildman–Crippen MR) is 72.7 cm³/mol. The minimum absolute atomic E-state index is 0.257. The Morgan fingerprint density at radius 2 is 1.94 bits per heavy atom. The van der Waals surface area contributed by atoms with Gasteiger partial charge in [0.2, 0.25) is 0 Å². The molecule has 0 aromatic heterocycles. The zero-order valence-electron chi connectivity index (χ0n) is 10.7. The van der Waals surface area contributed by atoms with E-state index in [-0.39, 0.29) is 5.78 Å². The highest BCUT2D eigenvalue weighted by Gasteiger charge is 2.11. The lowest BCUT2D eigenvalue weighted by Crippen LogP contribution is -2.08. The molecule has 1 aliphatic rings. The molecule has 0 spiro atoms. The van der Waals surface area contributed by atoms with Gasteiger partial charge in [-0.05, 0) is 43.4 Å². The monoisotopic (exact) mass is 244 g/mol. The van der Waals surface area contributed by atoms with Crippen LogP contribution in [0.5, 0.6) is 5.75 Å². The van der Waals surface area contributed by atoms with Gasteiger partial charge in [0.1, 0.15) is 5.75 Å². The normalized spacial score (nSPS) is 15.7. The zero-order valence-corrected chi connectivity index (χ0v) is 10.7. The number of para-hydroxylation sites is 1. The Morgan fingerprint density at radius 3 is 2.78 bits per heavy atom. The van der Waals surface area contributed by atoms with E-state index in [0.717, 1.165) is 30.6 Å². The van der Waals surface area contributed by atoms with Crippen LogP contribution in [0.2, 0.25) is 0 Å². The minimum atomic E-state index is 0.257. The minimum Gasteiger partial charge on any atom is -0.493 e. The largest absolute Gasteiger partial charge is 0.493 e. The number of ether oxygens (including phenoxy) is 1. The van der Waals surface area contributed by atoms with Crippen LogP contribution >= 0.6 is 0 Å². The van der Waals surface area contributed by atoms with Crippen molar-refractivity contribution in [2.45, 2.75) is 38.5 Å². The van der Waals surface area contributed by atoms with E-state index in [1.54, 1.807) is 0 Å². The number of rotatable bonds is 5. The van der Waals surface area contributed by atoms with Crippen LogP contribution in [0.4, 0.5) is 0 Å². The number of carbonyl (C=O) groups is 1. The van der Waals surface area contributed by atoms with Crippen molar-refractivity contribution < 1.29 is 9.53 Å². The quantitative estimate of drug-likeness (QED) is 0.784. The first-order valence-corrected chi connectivity index (χ1v) is 6.76. The zero-order chi connectivity index (χ0) is 12.6. The number of hydrogen-bond donors (Lipinski definition) is 0. The fraction of sp³-hybridized carbons (Fsp3) is 0.438. The first-order chi connectivity index (χ1) is 8.86. The summed E-state index contributed by atoms with van der Waals surface area (Å²) in [4.78, 5) is 12.0. The predicted octanol–water partition coefficient (Wildman–Crippen LogP) is 3.92. The molecule has 0 aliphatic heterocycles. The lowest BCUT2D eigenvalue weighted by Gasteiger charge is -2.07. The molecule has 0 bridgehead atoms. The van der Waals surface area contributed by atoms with Gasteiger partial charge in [-0.15, -0.1) is 0 Å². The van der Waals surface area contributed by atoms with Crippen molar-refractivity contribution in [2.75, 3.05) is 6.61 Å². The van der Waals surface area contributed by atoms with Crippen molar-refractivity contribution in [3.63, 3.8) is 0 Å². The highest BCUT2D eigenvalue weighted by Crippen LogP contribution is 2.19. The van der Waals surface area contributed by atoms with Gasteiger partial charge in [-0.1, -0.05) is 30.7 Å². The van der Waals surface area contributed by atoms with Gasteiger partial charge in [-0.3, -0.25) is 4.79 Å². The van der Waals surface area contributed by atoms with Crippen LogP contribution < -0.4 is 4.74 Å². The summed E-state index contributed by atoms with van der Waals surface area (Å²) < 4.78 is 5.55. The molecule has 0 heterocycles. The van der Waals surface area contributed by atoms with Crippen molar-refractivity contribution in [1.82, 2.24) is 0 Å². The van der Waals surface area contributed by atoms with Gasteiger partial charge < -0.3 is 4.74 Å². The number of hydrogen-bond acceptors (Lipinski definition) is 2. The van der Waals surface area contributed by atoms with Crippen LogP contribution in [-0.4, -0.2) is 12.4 Å². The Hall–Kier alpha value is -1.57. The number of allylic oxidation sites excluding steroid dienone is 2. The highest BCUT2D eigenvalue weighted by molar-refractivity contribution is 5.95. The summed E-state index contributed by atoms with van der Waals surface area (Å²) in [6.45, 7) is 0.472. The topological polar surface area (TPSA) is 26.3 Å². The maximum atomic E-state index is 12.0. The Kier molecular flexibility index (Phi) is 5.00. The molecule has 0 saturated heterocycles. The Bertz CT molecular complexity index is 406. The van der Waals surface area contributed by atoms with Crippen LogP contribution in [-0.2, 0) is 4.79 Å². The van der Waals surface area contributed by atoms with Crippen molar-refractivity contribution in [1.29, 1.82) is 0 Å². The van der Waals surface area contributed by atoms with Gasteiger partial charge in [0, 0.05) is 6.42 Å². The lowest BCUT2D eigenvalue weighted by molar-refractivity contribution is -0.116. The molecule has 18 heavy (non-hydrogen) atoms. The average Bonchev–Trinajstić information content (AvgIpc) is 2.69. The van der Waals surface area contributed by atoms with Gasteiger partial charge in [0.05, 0.1) is 6.61 Å². The van der Waals surface area contributed by atoms with E-state index in [1.807, 2.05) is 30.3 Å². The molecule has 0 atom stereocenters. The third-order valence-corrected chi connectivity index (χ3v) is 3.24. The Balaban J connectivity index is 1.76. The van der Waals surface area contributed by atoms with Crippen LogP contribution in [0, 0.1) is 0 Å². The summed E-state index contributed by atoms with van der Waals surface area (Å²) in [6, 6.07) is 9.65. The third kappa shape index (κ3) is 4.02. The van der Waals surface area contributed by atoms with Gasteiger partial charge >= 0.3 is 0 Å². The Labute approximate surface area is 109 Å². The molecule has 2 heteroatoms. The molecule has 1 aliphatic carbocycles. The number of carbonyl (C=O) groups excluding carboxylic acids is 1. The molecule has 0 fully saturated rings. The average molecular weight is 244 g/mol. The highest BCUT2D eigenvalue weighted by atomic mass is 16.5. The van der Waals surface area contributed by atoms with E-state index < -0.39 is 0 Å². The summed E-state index contributed by atoms with van der Waals surface area (Å²) in [5.74, 6) is 1.09. The second-order valence-corrected chi connectivity index (χ2v) is 4.66. The standard InChI is InChI=1S/C16H20O2/c17-16(14-8-4-1-2-5-9-14)12-13-18-15-10-6-3-7-11-15/h3,6-8,10-11H,1-2,4-5,9,12-13H2. The second-order valence-electron chi connectivity index (χ2n) is 4.66. The number of benzene rings is 1. The lowest BCUT2D eigenvalue weighted by atomic mass is 10.0. The molecule has 0 amide bonds. The first-order valence-electron chi connectivity index (χ1n) is 6.76. The SMILES string of the molecule is O=C(CCOc1ccccc1)C1=CCCCCC1. The molecule has 1 aromatic rings. The molecule has 0 saturated carbocycles. The van der Waals surface area contributed by atoms with Crippen LogP contribution in [0.3, 0.4) is 0 Å². The molecule has 2 nitrogen and oxygen atoms in total. The molecular formula is C16H20O2.